The van der Waals surface area contributed by atoms with Crippen molar-refractivity contribution in [2.45, 2.75) is 31.8 Å². The number of aliphatic hydroxyl groups excluding tert-OH is 1. The second-order valence-corrected chi connectivity index (χ2v) is 5.15. The lowest BCUT2D eigenvalue weighted by Gasteiger charge is -2.29. The highest BCUT2D eigenvalue weighted by atomic mass is 16.5. The normalized spacial score (nSPS) is 27.9. The lowest BCUT2D eigenvalue weighted by molar-refractivity contribution is -0.134. The van der Waals surface area contributed by atoms with Gasteiger partial charge in [-0.05, 0) is 12.8 Å². The number of amides is 1. The number of hydrogen-bond acceptors (Lipinski definition) is 4. The monoisotopic (exact) mass is 242 g/mol. The van der Waals surface area contributed by atoms with Gasteiger partial charge in [-0.2, -0.15) is 0 Å². The smallest absolute Gasteiger partial charge is 0.250 e. The number of ether oxygens (including phenoxy) is 1. The van der Waals surface area contributed by atoms with Crippen molar-refractivity contribution in [3.8, 4) is 0 Å². The maximum absolute atomic E-state index is 11.9. The van der Waals surface area contributed by atoms with Gasteiger partial charge >= 0.3 is 0 Å². The summed E-state index contributed by atoms with van der Waals surface area (Å²) in [5.74, 6) is -0.0584. The number of aliphatic hydroxyl groups is 1. The number of morpholine rings is 1. The molecule has 3 N–H and O–H groups in total. The molecule has 0 bridgehead atoms. The fourth-order valence-corrected chi connectivity index (χ4v) is 2.64. The molecular formula is C12H22N2O3. The minimum Gasteiger partial charge on any atom is -0.396 e. The fourth-order valence-electron chi connectivity index (χ4n) is 2.64. The van der Waals surface area contributed by atoms with Crippen LogP contribution in [0.15, 0.2) is 0 Å². The Morgan fingerprint density at radius 3 is 2.82 bits per heavy atom. The molecule has 0 spiro atoms. The Balaban J connectivity index is 1.78. The largest absolute Gasteiger partial charge is 0.396 e. The molecule has 2 fully saturated rings. The molecule has 1 saturated carbocycles. The molecule has 2 aliphatic rings. The molecule has 5 heteroatoms. The Kier molecular flexibility index (Phi) is 4.36. The molecule has 0 radical (unpaired) electrons. The average molecular weight is 242 g/mol. The van der Waals surface area contributed by atoms with Gasteiger partial charge in [0.25, 0.3) is 0 Å². The van der Waals surface area contributed by atoms with Crippen LogP contribution in [0.3, 0.4) is 0 Å². The number of carbonyl (C=O) groups is 1. The van der Waals surface area contributed by atoms with E-state index in [1.807, 2.05) is 0 Å². The van der Waals surface area contributed by atoms with Crippen LogP contribution in [-0.2, 0) is 9.53 Å². The van der Waals surface area contributed by atoms with Crippen LogP contribution in [-0.4, -0.2) is 50.0 Å². The highest BCUT2D eigenvalue weighted by molar-refractivity contribution is 5.81. The molecule has 17 heavy (non-hydrogen) atoms. The Labute approximate surface area is 102 Å². The quantitative estimate of drug-likeness (QED) is 0.630. The van der Waals surface area contributed by atoms with Crippen LogP contribution in [0.4, 0.5) is 0 Å². The van der Waals surface area contributed by atoms with E-state index in [1.54, 1.807) is 0 Å². The van der Waals surface area contributed by atoms with E-state index < -0.39 is 0 Å². The first-order valence-electron chi connectivity index (χ1n) is 6.47. The molecule has 5 nitrogen and oxygen atoms in total. The van der Waals surface area contributed by atoms with Gasteiger partial charge in [-0.15, -0.1) is 0 Å². The van der Waals surface area contributed by atoms with E-state index in [0.29, 0.717) is 19.7 Å². The molecule has 0 aromatic rings. The highest BCUT2D eigenvalue weighted by Crippen LogP contribution is 2.36. The van der Waals surface area contributed by atoms with E-state index in [-0.39, 0.29) is 24.0 Å². The minimum atomic E-state index is -0.374. The molecule has 0 aromatic heterocycles. The first-order chi connectivity index (χ1) is 8.26. The maximum atomic E-state index is 11.9. The standard InChI is InChI=1S/C12H22N2O3/c15-9-12(3-1-2-4-12)8-14-11(16)10-7-13-5-6-17-10/h10,13,15H,1-9H2,(H,14,16). The van der Waals surface area contributed by atoms with E-state index in [4.69, 9.17) is 4.74 Å². The minimum absolute atomic E-state index is 0.0584. The van der Waals surface area contributed by atoms with Crippen LogP contribution >= 0.6 is 0 Å². The summed E-state index contributed by atoms with van der Waals surface area (Å²) in [6.45, 7) is 2.71. The first-order valence-corrected chi connectivity index (χ1v) is 6.47. The highest BCUT2D eigenvalue weighted by Gasteiger charge is 2.34. The fraction of sp³-hybridized carbons (Fsp3) is 0.917. The summed E-state index contributed by atoms with van der Waals surface area (Å²) in [4.78, 5) is 11.9. The van der Waals surface area contributed by atoms with Crippen molar-refractivity contribution in [2.24, 2.45) is 5.41 Å². The van der Waals surface area contributed by atoms with Crippen molar-refractivity contribution in [2.75, 3.05) is 32.8 Å². The van der Waals surface area contributed by atoms with Crippen LogP contribution in [0, 0.1) is 5.41 Å². The summed E-state index contributed by atoms with van der Waals surface area (Å²) >= 11 is 0. The molecule has 1 saturated heterocycles. The van der Waals surface area contributed by atoms with Gasteiger partial charge in [-0.1, -0.05) is 12.8 Å². The van der Waals surface area contributed by atoms with Crippen molar-refractivity contribution in [3.63, 3.8) is 0 Å². The number of carbonyl (C=O) groups excluding carboxylic acids is 1. The van der Waals surface area contributed by atoms with Crippen LogP contribution in [0.25, 0.3) is 0 Å². The van der Waals surface area contributed by atoms with E-state index >= 15 is 0 Å². The molecular weight excluding hydrogens is 220 g/mol. The molecule has 1 aliphatic heterocycles. The Hall–Kier alpha value is -0.650. The van der Waals surface area contributed by atoms with Gasteiger partial charge in [0.1, 0.15) is 6.10 Å². The van der Waals surface area contributed by atoms with Crippen molar-refractivity contribution >= 4 is 5.91 Å². The lowest BCUT2D eigenvalue weighted by Crippen LogP contribution is -2.50. The Morgan fingerprint density at radius 1 is 1.47 bits per heavy atom. The van der Waals surface area contributed by atoms with Gasteiger partial charge in [0.05, 0.1) is 13.2 Å². The van der Waals surface area contributed by atoms with Crippen LogP contribution in [0.1, 0.15) is 25.7 Å². The summed E-state index contributed by atoms with van der Waals surface area (Å²) in [5, 5.41) is 15.5. The van der Waals surface area contributed by atoms with Gasteiger partial charge in [0.2, 0.25) is 5.91 Å². The predicted molar refractivity (Wildman–Crippen MR) is 63.6 cm³/mol. The third kappa shape index (κ3) is 3.18. The zero-order valence-corrected chi connectivity index (χ0v) is 10.2. The number of hydrogen-bond donors (Lipinski definition) is 3. The van der Waals surface area contributed by atoms with Crippen LogP contribution < -0.4 is 10.6 Å². The van der Waals surface area contributed by atoms with E-state index in [2.05, 4.69) is 10.6 Å². The van der Waals surface area contributed by atoms with Crippen molar-refractivity contribution in [1.29, 1.82) is 0 Å². The summed E-state index contributed by atoms with van der Waals surface area (Å²) in [7, 11) is 0. The first kappa shape index (κ1) is 12.8. The van der Waals surface area contributed by atoms with Crippen molar-refractivity contribution in [1.82, 2.24) is 10.6 Å². The van der Waals surface area contributed by atoms with Gasteiger partial charge in [-0.3, -0.25) is 4.79 Å². The van der Waals surface area contributed by atoms with Crippen molar-refractivity contribution in [3.05, 3.63) is 0 Å². The van der Waals surface area contributed by atoms with Gasteiger partial charge in [-0.25, -0.2) is 0 Å². The van der Waals surface area contributed by atoms with Crippen molar-refractivity contribution < 1.29 is 14.6 Å². The Bertz CT molecular complexity index is 258. The van der Waals surface area contributed by atoms with Crippen LogP contribution in [0.2, 0.25) is 0 Å². The summed E-state index contributed by atoms with van der Waals surface area (Å²) < 4.78 is 5.38. The lowest BCUT2D eigenvalue weighted by atomic mass is 9.87. The molecule has 1 aliphatic carbocycles. The summed E-state index contributed by atoms with van der Waals surface area (Å²) in [6, 6.07) is 0. The predicted octanol–water partition coefficient (Wildman–Crippen LogP) is -0.356. The van der Waals surface area contributed by atoms with E-state index in [0.717, 1.165) is 32.2 Å². The second-order valence-electron chi connectivity index (χ2n) is 5.15. The second kappa shape index (κ2) is 5.80. The molecule has 98 valence electrons. The summed E-state index contributed by atoms with van der Waals surface area (Å²) in [5.41, 5.74) is -0.0856. The van der Waals surface area contributed by atoms with E-state index in [1.165, 1.54) is 0 Å². The molecule has 1 heterocycles. The zero-order valence-electron chi connectivity index (χ0n) is 10.2. The van der Waals surface area contributed by atoms with Crippen LogP contribution in [0.5, 0.6) is 0 Å². The third-order valence-electron chi connectivity index (χ3n) is 3.86. The molecule has 0 aromatic carbocycles. The SMILES string of the molecule is O=C(NCC1(CO)CCCC1)C1CNCCO1. The number of rotatable bonds is 4. The van der Waals surface area contributed by atoms with Gasteiger partial charge < -0.3 is 20.5 Å². The zero-order chi connectivity index (χ0) is 12.1. The Morgan fingerprint density at radius 2 is 2.24 bits per heavy atom. The van der Waals surface area contributed by atoms with E-state index in [9.17, 15) is 9.90 Å². The summed E-state index contributed by atoms with van der Waals surface area (Å²) in [6.07, 6.45) is 3.94. The topological polar surface area (TPSA) is 70.6 Å². The number of nitrogens with one attached hydrogen (secondary N) is 2. The van der Waals surface area contributed by atoms with Gasteiger partial charge in [0.15, 0.2) is 0 Å². The average Bonchev–Trinajstić information content (AvgIpc) is 2.86. The third-order valence-corrected chi connectivity index (χ3v) is 3.86. The molecule has 1 atom stereocenters. The molecule has 1 unspecified atom stereocenters. The van der Waals surface area contributed by atoms with Gasteiger partial charge in [0, 0.05) is 25.0 Å². The molecule has 1 amide bonds. The molecule has 2 rings (SSSR count). The maximum Gasteiger partial charge on any atom is 0.250 e.